The summed E-state index contributed by atoms with van der Waals surface area (Å²) in [6, 6.07) is 34.2. The number of hydrogen-bond donors (Lipinski definition) is 1. The first-order valence-electron chi connectivity index (χ1n) is 13.7. The van der Waals surface area contributed by atoms with Gasteiger partial charge in [-0.25, -0.2) is 0 Å². The zero-order chi connectivity index (χ0) is 27.3. The van der Waals surface area contributed by atoms with Gasteiger partial charge in [0, 0.05) is 29.9 Å². The van der Waals surface area contributed by atoms with Crippen molar-refractivity contribution < 1.29 is 14.3 Å². The van der Waals surface area contributed by atoms with E-state index in [2.05, 4.69) is 12.2 Å². The van der Waals surface area contributed by atoms with Crippen LogP contribution < -0.4 is 15.0 Å². The van der Waals surface area contributed by atoms with Crippen LogP contribution in [0.2, 0.25) is 0 Å². The molecule has 5 nitrogen and oxygen atoms in total. The number of carbonyl (C=O) groups excluding carboxylic acids is 2. The molecule has 4 aromatic rings. The number of ether oxygens (including phenoxy) is 1. The molecule has 0 aliphatic rings. The lowest BCUT2D eigenvalue weighted by Crippen LogP contribution is -2.34. The average molecular weight is 521 g/mol. The smallest absolute Gasteiger partial charge is 0.258 e. The molecule has 4 aromatic carbocycles. The van der Waals surface area contributed by atoms with E-state index in [1.54, 1.807) is 4.90 Å². The molecule has 5 heteroatoms. The van der Waals surface area contributed by atoms with Gasteiger partial charge in [0.25, 0.3) is 11.8 Å². The maximum absolute atomic E-state index is 13.4. The van der Waals surface area contributed by atoms with Crippen LogP contribution in [0.5, 0.6) is 11.5 Å². The first-order valence-corrected chi connectivity index (χ1v) is 13.7. The van der Waals surface area contributed by atoms with Crippen LogP contribution in [0.15, 0.2) is 109 Å². The lowest BCUT2D eigenvalue weighted by molar-refractivity contribution is 0.0953. The number of rotatable bonds is 13. The van der Waals surface area contributed by atoms with Crippen molar-refractivity contribution in [2.75, 3.05) is 18.0 Å². The van der Waals surface area contributed by atoms with Crippen molar-refractivity contribution in [2.45, 2.75) is 39.0 Å². The van der Waals surface area contributed by atoms with Gasteiger partial charge in [-0.3, -0.25) is 9.59 Å². The van der Waals surface area contributed by atoms with Crippen LogP contribution in [0, 0.1) is 0 Å². The van der Waals surface area contributed by atoms with E-state index in [4.69, 9.17) is 4.74 Å². The highest BCUT2D eigenvalue weighted by molar-refractivity contribution is 6.06. The topological polar surface area (TPSA) is 58.6 Å². The molecule has 39 heavy (non-hydrogen) atoms. The van der Waals surface area contributed by atoms with Crippen LogP contribution in [0.4, 0.5) is 5.69 Å². The minimum atomic E-state index is -0.0987. The number of benzene rings is 4. The Hall–Kier alpha value is -4.38. The summed E-state index contributed by atoms with van der Waals surface area (Å²) in [6.07, 6.45) is 5.24. The Morgan fingerprint density at radius 3 is 2.00 bits per heavy atom. The quantitative estimate of drug-likeness (QED) is 0.184. The Kier molecular flexibility index (Phi) is 10.3. The number of carbonyl (C=O) groups is 2. The summed E-state index contributed by atoms with van der Waals surface area (Å²) in [6.45, 7) is 3.12. The van der Waals surface area contributed by atoms with E-state index in [0.717, 1.165) is 17.9 Å². The van der Waals surface area contributed by atoms with Crippen molar-refractivity contribution in [1.29, 1.82) is 0 Å². The van der Waals surface area contributed by atoms with Gasteiger partial charge in [0.05, 0.1) is 0 Å². The lowest BCUT2D eigenvalue weighted by Gasteiger charge is -2.23. The maximum Gasteiger partial charge on any atom is 0.258 e. The summed E-state index contributed by atoms with van der Waals surface area (Å²) in [5.74, 6) is 1.26. The van der Waals surface area contributed by atoms with Crippen molar-refractivity contribution in [2.24, 2.45) is 0 Å². The molecule has 0 unspecified atom stereocenters. The third-order valence-corrected chi connectivity index (χ3v) is 6.52. The van der Waals surface area contributed by atoms with E-state index in [-0.39, 0.29) is 11.8 Å². The standard InChI is InChI=1S/C34H36N2O3/c1-2-3-6-12-27-17-19-28(20-18-27)33(37)35-25-11-26-36(34(38)29-13-7-4-8-14-29)30-21-23-32(24-22-30)39-31-15-9-5-10-16-31/h4-5,7-10,13-24H,2-3,6,11-12,25-26H2,1H3,(H,35,37). The van der Waals surface area contributed by atoms with Gasteiger partial charge in [-0.2, -0.15) is 0 Å². The van der Waals surface area contributed by atoms with E-state index in [1.807, 2.05) is 109 Å². The SMILES string of the molecule is CCCCCc1ccc(C(=O)NCCCN(C(=O)c2ccccc2)c2ccc(Oc3ccccc3)cc2)cc1. The molecule has 2 amide bonds. The van der Waals surface area contributed by atoms with Crippen LogP contribution >= 0.6 is 0 Å². The Morgan fingerprint density at radius 1 is 0.692 bits per heavy atom. The van der Waals surface area contributed by atoms with Crippen LogP contribution in [0.3, 0.4) is 0 Å². The minimum absolute atomic E-state index is 0.0858. The van der Waals surface area contributed by atoms with Gasteiger partial charge in [0.2, 0.25) is 0 Å². The normalized spacial score (nSPS) is 10.6. The van der Waals surface area contributed by atoms with Crippen LogP contribution in [0.1, 0.15) is 58.9 Å². The molecule has 200 valence electrons. The number of nitrogens with one attached hydrogen (secondary N) is 1. The number of nitrogens with zero attached hydrogens (tertiary/aromatic N) is 1. The van der Waals surface area contributed by atoms with Crippen LogP contribution in [0.25, 0.3) is 0 Å². The Morgan fingerprint density at radius 2 is 1.33 bits per heavy atom. The van der Waals surface area contributed by atoms with E-state index >= 15 is 0 Å². The van der Waals surface area contributed by atoms with Crippen molar-refractivity contribution in [1.82, 2.24) is 5.32 Å². The molecule has 0 fully saturated rings. The van der Waals surface area contributed by atoms with Gasteiger partial charge in [-0.1, -0.05) is 68.3 Å². The van der Waals surface area contributed by atoms with Gasteiger partial charge in [0.1, 0.15) is 11.5 Å². The number of aryl methyl sites for hydroxylation is 1. The molecule has 0 atom stereocenters. The predicted molar refractivity (Wildman–Crippen MR) is 158 cm³/mol. The lowest BCUT2D eigenvalue weighted by atomic mass is 10.1. The fourth-order valence-corrected chi connectivity index (χ4v) is 4.35. The molecular formula is C34H36N2O3. The highest BCUT2D eigenvalue weighted by atomic mass is 16.5. The predicted octanol–water partition coefficient (Wildman–Crippen LogP) is 7.68. The molecule has 0 aromatic heterocycles. The third-order valence-electron chi connectivity index (χ3n) is 6.52. The van der Waals surface area contributed by atoms with Crippen LogP contribution in [-0.4, -0.2) is 24.9 Å². The van der Waals surface area contributed by atoms with Crippen molar-refractivity contribution in [3.05, 3.63) is 126 Å². The second kappa shape index (κ2) is 14.5. The molecule has 1 N–H and O–H groups in total. The zero-order valence-corrected chi connectivity index (χ0v) is 22.5. The highest BCUT2D eigenvalue weighted by Crippen LogP contribution is 2.25. The molecule has 0 radical (unpaired) electrons. The maximum atomic E-state index is 13.4. The molecule has 0 aliphatic heterocycles. The first kappa shape index (κ1) is 27.6. The molecule has 0 heterocycles. The van der Waals surface area contributed by atoms with Gasteiger partial charge < -0.3 is 15.0 Å². The molecule has 0 spiro atoms. The fourth-order valence-electron chi connectivity index (χ4n) is 4.35. The Bertz CT molecular complexity index is 1300. The Balaban J connectivity index is 1.36. The van der Waals surface area contributed by atoms with E-state index in [0.29, 0.717) is 36.4 Å². The van der Waals surface area contributed by atoms with Gasteiger partial charge in [-0.05, 0) is 85.5 Å². The molecule has 0 bridgehead atoms. The van der Waals surface area contributed by atoms with Gasteiger partial charge >= 0.3 is 0 Å². The number of para-hydroxylation sites is 1. The van der Waals surface area contributed by atoms with Crippen LogP contribution in [-0.2, 0) is 6.42 Å². The zero-order valence-electron chi connectivity index (χ0n) is 22.5. The Labute approximate surface area is 231 Å². The molecular weight excluding hydrogens is 484 g/mol. The second-order valence-electron chi connectivity index (χ2n) is 9.50. The molecule has 0 saturated heterocycles. The molecule has 0 aliphatic carbocycles. The monoisotopic (exact) mass is 520 g/mol. The van der Waals surface area contributed by atoms with E-state index < -0.39 is 0 Å². The van der Waals surface area contributed by atoms with Crippen molar-refractivity contribution in [3.63, 3.8) is 0 Å². The number of amides is 2. The highest BCUT2D eigenvalue weighted by Gasteiger charge is 2.18. The first-order chi connectivity index (χ1) is 19.1. The van der Waals surface area contributed by atoms with Gasteiger partial charge in [-0.15, -0.1) is 0 Å². The summed E-state index contributed by atoms with van der Waals surface area (Å²) in [4.78, 5) is 27.8. The van der Waals surface area contributed by atoms with Crippen molar-refractivity contribution >= 4 is 17.5 Å². The number of anilines is 1. The average Bonchev–Trinajstić information content (AvgIpc) is 2.99. The minimum Gasteiger partial charge on any atom is -0.457 e. The summed E-state index contributed by atoms with van der Waals surface area (Å²) >= 11 is 0. The molecule has 4 rings (SSSR count). The third kappa shape index (κ3) is 8.30. The number of unbranched alkanes of at least 4 members (excludes halogenated alkanes) is 2. The summed E-state index contributed by atoms with van der Waals surface area (Å²) < 4.78 is 5.91. The summed E-state index contributed by atoms with van der Waals surface area (Å²) in [5, 5.41) is 3.00. The largest absolute Gasteiger partial charge is 0.457 e. The van der Waals surface area contributed by atoms with Gasteiger partial charge in [0.15, 0.2) is 0 Å². The fraction of sp³-hybridized carbons (Fsp3) is 0.235. The second-order valence-corrected chi connectivity index (χ2v) is 9.50. The summed E-state index contributed by atoms with van der Waals surface area (Å²) in [7, 11) is 0. The van der Waals surface area contributed by atoms with E-state index in [1.165, 1.54) is 24.8 Å². The summed E-state index contributed by atoms with van der Waals surface area (Å²) in [5.41, 5.74) is 3.30. The van der Waals surface area contributed by atoms with Crippen molar-refractivity contribution in [3.8, 4) is 11.5 Å². The van der Waals surface area contributed by atoms with E-state index in [9.17, 15) is 9.59 Å². The molecule has 0 saturated carbocycles. The number of hydrogen-bond acceptors (Lipinski definition) is 3.